The molecule has 1 saturated heterocycles. The van der Waals surface area contributed by atoms with Crippen molar-refractivity contribution < 1.29 is 4.39 Å². The Kier molecular flexibility index (Phi) is 3.85. The summed E-state index contributed by atoms with van der Waals surface area (Å²) < 4.78 is 14.2. The molecule has 1 aliphatic heterocycles. The first-order valence-corrected chi connectivity index (χ1v) is 6.74. The second-order valence-corrected chi connectivity index (χ2v) is 5.19. The molecule has 4 heteroatoms. The first-order chi connectivity index (χ1) is 8.54. The summed E-state index contributed by atoms with van der Waals surface area (Å²) >= 11 is 3.98. The van der Waals surface area contributed by atoms with Crippen LogP contribution in [0.4, 0.5) is 10.1 Å². The number of hydrogen-bond acceptors (Lipinski definition) is 3. The lowest BCUT2D eigenvalue weighted by atomic mass is 10.1. The van der Waals surface area contributed by atoms with Gasteiger partial charge in [-0.2, -0.15) is 0 Å². The minimum absolute atomic E-state index is 0.216. The van der Waals surface area contributed by atoms with E-state index in [0.717, 1.165) is 12.8 Å². The Hall–Kier alpha value is -1.16. The van der Waals surface area contributed by atoms with Crippen LogP contribution in [0.15, 0.2) is 23.6 Å². The summed E-state index contributed by atoms with van der Waals surface area (Å²) in [5.74, 6) is -0.216. The van der Waals surface area contributed by atoms with Gasteiger partial charge in [0, 0.05) is 23.3 Å². The third kappa shape index (κ3) is 2.34. The van der Waals surface area contributed by atoms with Gasteiger partial charge in [-0.05, 0) is 44.2 Å². The van der Waals surface area contributed by atoms with Gasteiger partial charge in [-0.25, -0.2) is 4.39 Å². The van der Waals surface area contributed by atoms with Gasteiger partial charge in [0.1, 0.15) is 5.82 Å². The molecule has 1 fully saturated rings. The van der Waals surface area contributed by atoms with Crippen LogP contribution in [0.3, 0.4) is 0 Å². The molecule has 0 aromatic heterocycles. The van der Waals surface area contributed by atoms with Gasteiger partial charge >= 0.3 is 0 Å². The van der Waals surface area contributed by atoms with Gasteiger partial charge < -0.3 is 10.6 Å². The maximum atomic E-state index is 14.2. The van der Waals surface area contributed by atoms with Crippen molar-refractivity contribution in [3.8, 4) is 0 Å². The number of nitrogens with zero attached hydrogens (tertiary/aromatic N) is 1. The first-order valence-electron chi connectivity index (χ1n) is 6.22. The van der Waals surface area contributed by atoms with Crippen molar-refractivity contribution in [2.45, 2.75) is 38.8 Å². The second-order valence-electron chi connectivity index (χ2n) is 4.93. The van der Waals surface area contributed by atoms with E-state index in [2.05, 4.69) is 31.4 Å². The summed E-state index contributed by atoms with van der Waals surface area (Å²) in [6, 6.07) is 5.91. The van der Waals surface area contributed by atoms with Crippen LogP contribution in [0.2, 0.25) is 0 Å². The molecule has 98 valence electrons. The van der Waals surface area contributed by atoms with E-state index in [4.69, 9.17) is 5.73 Å². The first kappa shape index (κ1) is 13.3. The molecule has 0 aliphatic carbocycles. The summed E-state index contributed by atoms with van der Waals surface area (Å²) in [4.78, 5) is 2.15. The monoisotopic (exact) mass is 266 g/mol. The molecule has 0 bridgehead atoms. The largest absolute Gasteiger partial charge is 0.398 e. The van der Waals surface area contributed by atoms with Crippen LogP contribution in [0.25, 0.3) is 5.70 Å². The zero-order chi connectivity index (χ0) is 13.3. The quantitative estimate of drug-likeness (QED) is 0.803. The lowest BCUT2D eigenvalue weighted by Gasteiger charge is -2.29. The Labute approximate surface area is 113 Å². The Morgan fingerprint density at radius 1 is 1.39 bits per heavy atom. The highest BCUT2D eigenvalue weighted by molar-refractivity contribution is 7.83. The predicted molar refractivity (Wildman–Crippen MR) is 78.2 cm³/mol. The molecule has 1 aromatic carbocycles. The molecule has 2 atom stereocenters. The molecule has 2 nitrogen and oxygen atoms in total. The van der Waals surface area contributed by atoms with Crippen molar-refractivity contribution in [2.75, 3.05) is 4.90 Å². The SMILES string of the molecule is CC1CCC(C)N1c1ccc(/C(N)=C/S)cc1F. The van der Waals surface area contributed by atoms with E-state index in [9.17, 15) is 4.39 Å². The lowest BCUT2D eigenvalue weighted by Crippen LogP contribution is -2.33. The van der Waals surface area contributed by atoms with Crippen molar-refractivity contribution in [3.63, 3.8) is 0 Å². The normalized spacial score (nSPS) is 24.7. The third-order valence-corrected chi connectivity index (χ3v) is 3.93. The molecule has 1 heterocycles. The molecule has 0 saturated carbocycles. The van der Waals surface area contributed by atoms with Gasteiger partial charge in [-0.3, -0.25) is 0 Å². The summed E-state index contributed by atoms with van der Waals surface area (Å²) in [5.41, 5.74) is 7.55. The van der Waals surface area contributed by atoms with Gasteiger partial charge in [0.25, 0.3) is 0 Å². The fourth-order valence-electron chi connectivity index (χ4n) is 2.64. The van der Waals surface area contributed by atoms with Crippen molar-refractivity contribution in [2.24, 2.45) is 5.73 Å². The van der Waals surface area contributed by atoms with E-state index in [1.807, 2.05) is 12.1 Å². The van der Waals surface area contributed by atoms with Gasteiger partial charge in [0.15, 0.2) is 0 Å². The predicted octanol–water partition coefficient (Wildman–Crippen LogP) is 3.39. The summed E-state index contributed by atoms with van der Waals surface area (Å²) in [6.07, 6.45) is 2.22. The molecule has 18 heavy (non-hydrogen) atoms. The van der Waals surface area contributed by atoms with E-state index >= 15 is 0 Å². The topological polar surface area (TPSA) is 29.3 Å². The van der Waals surface area contributed by atoms with Crippen LogP contribution in [0.1, 0.15) is 32.3 Å². The van der Waals surface area contributed by atoms with Crippen LogP contribution in [-0.2, 0) is 0 Å². The van der Waals surface area contributed by atoms with Crippen molar-refractivity contribution in [3.05, 3.63) is 35.0 Å². The molecule has 1 aromatic rings. The van der Waals surface area contributed by atoms with E-state index in [1.54, 1.807) is 0 Å². The molecule has 1 aliphatic rings. The van der Waals surface area contributed by atoms with Crippen LogP contribution >= 0.6 is 12.6 Å². The highest BCUT2D eigenvalue weighted by atomic mass is 32.1. The Morgan fingerprint density at radius 2 is 2.00 bits per heavy atom. The third-order valence-electron chi connectivity index (χ3n) is 3.65. The maximum absolute atomic E-state index is 14.2. The van der Waals surface area contributed by atoms with Gasteiger partial charge in [-0.15, -0.1) is 12.6 Å². The number of nitrogens with two attached hydrogens (primary N) is 1. The minimum Gasteiger partial charge on any atom is -0.398 e. The number of anilines is 1. The van der Waals surface area contributed by atoms with Crippen LogP contribution in [-0.4, -0.2) is 12.1 Å². The van der Waals surface area contributed by atoms with Crippen molar-refractivity contribution in [1.29, 1.82) is 0 Å². The molecule has 2 N–H and O–H groups in total. The van der Waals surface area contributed by atoms with E-state index < -0.39 is 0 Å². The molecule has 0 radical (unpaired) electrons. The van der Waals surface area contributed by atoms with Gasteiger partial charge in [0.05, 0.1) is 5.69 Å². The number of halogens is 1. The molecular weight excluding hydrogens is 247 g/mol. The smallest absolute Gasteiger partial charge is 0.147 e. The molecule has 0 amide bonds. The summed E-state index contributed by atoms with van der Waals surface area (Å²) in [5, 5.41) is 1.48. The highest BCUT2D eigenvalue weighted by Crippen LogP contribution is 2.32. The van der Waals surface area contributed by atoms with Crippen LogP contribution < -0.4 is 10.6 Å². The molecule has 0 spiro atoms. The molecule has 2 rings (SSSR count). The fraction of sp³-hybridized carbons (Fsp3) is 0.429. The number of benzene rings is 1. The summed E-state index contributed by atoms with van der Waals surface area (Å²) in [6.45, 7) is 4.28. The van der Waals surface area contributed by atoms with Crippen LogP contribution in [0.5, 0.6) is 0 Å². The average Bonchev–Trinajstić information content (AvgIpc) is 2.68. The fourth-order valence-corrected chi connectivity index (χ4v) is 2.79. The maximum Gasteiger partial charge on any atom is 0.147 e. The summed E-state index contributed by atoms with van der Waals surface area (Å²) in [7, 11) is 0. The molecular formula is C14H19FN2S. The number of thiol groups is 1. The highest BCUT2D eigenvalue weighted by Gasteiger charge is 2.29. The van der Waals surface area contributed by atoms with Gasteiger partial charge in [0.2, 0.25) is 0 Å². The zero-order valence-corrected chi connectivity index (χ0v) is 11.6. The number of hydrogen-bond donors (Lipinski definition) is 2. The Balaban J connectivity index is 2.36. The number of rotatable bonds is 2. The van der Waals surface area contributed by atoms with Crippen molar-refractivity contribution >= 4 is 24.0 Å². The second kappa shape index (κ2) is 5.22. The van der Waals surface area contributed by atoms with E-state index in [0.29, 0.717) is 29.0 Å². The zero-order valence-electron chi connectivity index (χ0n) is 10.7. The Morgan fingerprint density at radius 3 is 2.50 bits per heavy atom. The Bertz CT molecular complexity index is 463. The molecule has 2 unspecified atom stereocenters. The standard InChI is InChI=1S/C14H19FN2S/c1-9-3-4-10(2)17(9)14-6-5-11(7-12(14)15)13(16)8-18/h5-10,18H,3-4,16H2,1-2H3/b13-8-. The van der Waals surface area contributed by atoms with E-state index in [-0.39, 0.29) is 5.82 Å². The minimum atomic E-state index is -0.216. The van der Waals surface area contributed by atoms with E-state index in [1.165, 1.54) is 11.5 Å². The average molecular weight is 266 g/mol. The lowest BCUT2D eigenvalue weighted by molar-refractivity contribution is 0.600. The van der Waals surface area contributed by atoms with Crippen molar-refractivity contribution in [1.82, 2.24) is 0 Å². The van der Waals surface area contributed by atoms with Gasteiger partial charge in [-0.1, -0.05) is 6.07 Å². The van der Waals surface area contributed by atoms with Crippen LogP contribution in [0, 0.1) is 5.82 Å².